The topological polar surface area (TPSA) is 15.3 Å². The predicted octanol–water partition coefficient (Wildman–Crippen LogP) is 2.18. The summed E-state index contributed by atoms with van der Waals surface area (Å²) in [6.45, 7) is 6.33. The first-order valence-electron chi connectivity index (χ1n) is 6.01. The normalized spacial score (nSPS) is 19.6. The number of halogens is 1. The van der Waals surface area contributed by atoms with Crippen molar-refractivity contribution in [2.45, 2.75) is 19.4 Å². The molecule has 1 saturated heterocycles. The number of hydrogen-bond acceptors (Lipinski definition) is 2. The number of nitrogens with one attached hydrogen (secondary N) is 1. The Morgan fingerprint density at radius 3 is 2.75 bits per heavy atom. The van der Waals surface area contributed by atoms with E-state index in [1.54, 1.807) is 12.1 Å². The van der Waals surface area contributed by atoms with E-state index in [1.807, 2.05) is 6.07 Å². The van der Waals surface area contributed by atoms with Crippen LogP contribution in [0.2, 0.25) is 0 Å². The quantitative estimate of drug-likeness (QED) is 0.843. The van der Waals surface area contributed by atoms with Crippen molar-refractivity contribution in [1.82, 2.24) is 10.2 Å². The Kier molecular flexibility index (Phi) is 3.91. The molecule has 1 atom stereocenters. The van der Waals surface area contributed by atoms with Crippen molar-refractivity contribution in [2.75, 3.05) is 26.2 Å². The number of benzene rings is 1. The Morgan fingerprint density at radius 2 is 2.12 bits per heavy atom. The first kappa shape index (κ1) is 11.6. The molecule has 2 rings (SSSR count). The highest BCUT2D eigenvalue weighted by Gasteiger charge is 2.20. The molecule has 1 fully saturated rings. The molecular formula is C13H19FN2. The molecule has 0 amide bonds. The molecule has 0 spiro atoms. The van der Waals surface area contributed by atoms with Crippen molar-refractivity contribution < 1.29 is 4.39 Å². The molecular weight excluding hydrogens is 203 g/mol. The third-order valence-corrected chi connectivity index (χ3v) is 3.21. The average molecular weight is 222 g/mol. The zero-order chi connectivity index (χ0) is 11.4. The molecule has 16 heavy (non-hydrogen) atoms. The van der Waals surface area contributed by atoms with Crippen LogP contribution in [-0.2, 0) is 0 Å². The van der Waals surface area contributed by atoms with Crippen LogP contribution < -0.4 is 5.32 Å². The van der Waals surface area contributed by atoms with E-state index in [0.717, 1.165) is 38.2 Å². The molecule has 0 saturated carbocycles. The molecule has 2 nitrogen and oxygen atoms in total. The van der Waals surface area contributed by atoms with Gasteiger partial charge in [0, 0.05) is 32.2 Å². The highest BCUT2D eigenvalue weighted by molar-refractivity contribution is 5.20. The van der Waals surface area contributed by atoms with E-state index in [2.05, 4.69) is 17.1 Å². The minimum atomic E-state index is -0.133. The molecule has 1 aliphatic rings. The summed E-state index contributed by atoms with van der Waals surface area (Å²) in [5.74, 6) is -0.133. The van der Waals surface area contributed by atoms with E-state index < -0.39 is 0 Å². The number of rotatable bonds is 3. The van der Waals surface area contributed by atoms with E-state index in [1.165, 1.54) is 6.07 Å². The first-order valence-corrected chi connectivity index (χ1v) is 6.01. The largest absolute Gasteiger partial charge is 0.314 e. The molecule has 0 radical (unpaired) electrons. The van der Waals surface area contributed by atoms with Crippen LogP contribution in [-0.4, -0.2) is 31.1 Å². The van der Waals surface area contributed by atoms with Crippen LogP contribution in [0.1, 0.15) is 24.9 Å². The monoisotopic (exact) mass is 222 g/mol. The van der Waals surface area contributed by atoms with Gasteiger partial charge in [0.15, 0.2) is 0 Å². The van der Waals surface area contributed by atoms with E-state index in [-0.39, 0.29) is 5.82 Å². The lowest BCUT2D eigenvalue weighted by molar-refractivity contribution is 0.169. The summed E-state index contributed by atoms with van der Waals surface area (Å²) in [5, 5.41) is 3.34. The van der Waals surface area contributed by atoms with Gasteiger partial charge in [0.1, 0.15) is 5.82 Å². The zero-order valence-electron chi connectivity index (χ0n) is 9.75. The van der Waals surface area contributed by atoms with Crippen LogP contribution in [0.4, 0.5) is 4.39 Å². The van der Waals surface area contributed by atoms with Gasteiger partial charge in [0.2, 0.25) is 0 Å². The Labute approximate surface area is 96.5 Å². The van der Waals surface area contributed by atoms with Gasteiger partial charge < -0.3 is 5.32 Å². The maximum absolute atomic E-state index is 13.2. The van der Waals surface area contributed by atoms with Gasteiger partial charge in [-0.15, -0.1) is 0 Å². The molecule has 0 bridgehead atoms. The van der Waals surface area contributed by atoms with Crippen LogP contribution in [0.25, 0.3) is 0 Å². The molecule has 3 heteroatoms. The zero-order valence-corrected chi connectivity index (χ0v) is 9.75. The fourth-order valence-corrected chi connectivity index (χ4v) is 2.41. The third kappa shape index (κ3) is 2.60. The molecule has 88 valence electrons. The van der Waals surface area contributed by atoms with Crippen molar-refractivity contribution in [3.05, 3.63) is 35.6 Å². The summed E-state index contributed by atoms with van der Waals surface area (Å²) in [7, 11) is 0. The van der Waals surface area contributed by atoms with Crippen molar-refractivity contribution in [3.63, 3.8) is 0 Å². The van der Waals surface area contributed by atoms with Crippen LogP contribution in [0, 0.1) is 5.82 Å². The second-order valence-electron chi connectivity index (χ2n) is 4.27. The lowest BCUT2D eigenvalue weighted by Crippen LogP contribution is -2.45. The Bertz CT molecular complexity index is 334. The van der Waals surface area contributed by atoms with Crippen molar-refractivity contribution in [2.24, 2.45) is 0 Å². The molecule has 1 heterocycles. The predicted molar refractivity (Wildman–Crippen MR) is 63.9 cm³/mol. The SMILES string of the molecule is CC[C@H](c1cccc(F)c1)N1CCNCC1. The highest BCUT2D eigenvalue weighted by atomic mass is 19.1. The highest BCUT2D eigenvalue weighted by Crippen LogP contribution is 2.24. The Hall–Kier alpha value is -0.930. The van der Waals surface area contributed by atoms with Gasteiger partial charge in [-0.1, -0.05) is 19.1 Å². The molecule has 0 aromatic heterocycles. The van der Waals surface area contributed by atoms with Gasteiger partial charge in [-0.05, 0) is 24.1 Å². The van der Waals surface area contributed by atoms with Crippen LogP contribution in [0.3, 0.4) is 0 Å². The lowest BCUT2D eigenvalue weighted by Gasteiger charge is -2.34. The molecule has 0 aliphatic carbocycles. The molecule has 0 unspecified atom stereocenters. The van der Waals surface area contributed by atoms with Gasteiger partial charge in [0.05, 0.1) is 0 Å². The summed E-state index contributed by atoms with van der Waals surface area (Å²) in [6.07, 6.45) is 1.03. The van der Waals surface area contributed by atoms with E-state index in [0.29, 0.717) is 6.04 Å². The smallest absolute Gasteiger partial charge is 0.123 e. The van der Waals surface area contributed by atoms with Crippen LogP contribution in [0.15, 0.2) is 24.3 Å². The fraction of sp³-hybridized carbons (Fsp3) is 0.538. The number of nitrogens with zero attached hydrogens (tertiary/aromatic N) is 1. The van der Waals surface area contributed by atoms with E-state index in [9.17, 15) is 4.39 Å². The van der Waals surface area contributed by atoms with Gasteiger partial charge in [-0.2, -0.15) is 0 Å². The minimum absolute atomic E-state index is 0.133. The van der Waals surface area contributed by atoms with Crippen molar-refractivity contribution in [3.8, 4) is 0 Å². The first-order chi connectivity index (χ1) is 7.81. The van der Waals surface area contributed by atoms with Crippen molar-refractivity contribution in [1.29, 1.82) is 0 Å². The Morgan fingerprint density at radius 1 is 1.38 bits per heavy atom. The van der Waals surface area contributed by atoms with E-state index in [4.69, 9.17) is 0 Å². The molecule has 1 aliphatic heterocycles. The maximum atomic E-state index is 13.2. The average Bonchev–Trinajstić information content (AvgIpc) is 2.31. The minimum Gasteiger partial charge on any atom is -0.314 e. The lowest BCUT2D eigenvalue weighted by atomic mass is 10.0. The third-order valence-electron chi connectivity index (χ3n) is 3.21. The Balaban J connectivity index is 2.14. The second-order valence-corrected chi connectivity index (χ2v) is 4.27. The fourth-order valence-electron chi connectivity index (χ4n) is 2.41. The van der Waals surface area contributed by atoms with Crippen LogP contribution in [0.5, 0.6) is 0 Å². The maximum Gasteiger partial charge on any atom is 0.123 e. The molecule has 1 aromatic rings. The summed E-state index contributed by atoms with van der Waals surface area (Å²) >= 11 is 0. The van der Waals surface area contributed by atoms with Crippen molar-refractivity contribution >= 4 is 0 Å². The van der Waals surface area contributed by atoms with Gasteiger partial charge >= 0.3 is 0 Å². The summed E-state index contributed by atoms with van der Waals surface area (Å²) in [5.41, 5.74) is 1.10. The summed E-state index contributed by atoms with van der Waals surface area (Å²) in [4.78, 5) is 2.44. The number of hydrogen-bond donors (Lipinski definition) is 1. The standard InChI is InChI=1S/C13H19FN2/c1-2-13(16-8-6-15-7-9-16)11-4-3-5-12(14)10-11/h3-5,10,13,15H,2,6-9H2,1H3/t13-/m1/s1. The second kappa shape index (κ2) is 5.41. The summed E-state index contributed by atoms with van der Waals surface area (Å²) in [6, 6.07) is 7.36. The summed E-state index contributed by atoms with van der Waals surface area (Å²) < 4.78 is 13.2. The van der Waals surface area contributed by atoms with E-state index >= 15 is 0 Å². The molecule has 1 N–H and O–H groups in total. The van der Waals surface area contributed by atoms with Gasteiger partial charge in [-0.25, -0.2) is 4.39 Å². The van der Waals surface area contributed by atoms with Gasteiger partial charge in [-0.3, -0.25) is 4.90 Å². The van der Waals surface area contributed by atoms with Crippen LogP contribution >= 0.6 is 0 Å². The molecule has 1 aromatic carbocycles. The van der Waals surface area contributed by atoms with Gasteiger partial charge in [0.25, 0.3) is 0 Å². The number of piperazine rings is 1.